The molecule has 1 atom stereocenters. The van der Waals surface area contributed by atoms with E-state index in [9.17, 15) is 4.79 Å². The lowest BCUT2D eigenvalue weighted by Crippen LogP contribution is -2.33. The molecule has 1 amide bonds. The molecule has 0 radical (unpaired) electrons. The Bertz CT molecular complexity index is 444. The Balaban J connectivity index is 2.70. The second-order valence-corrected chi connectivity index (χ2v) is 4.57. The molecule has 1 aromatic heterocycles. The molecule has 0 bridgehead atoms. The van der Waals surface area contributed by atoms with E-state index >= 15 is 0 Å². The van der Waals surface area contributed by atoms with Crippen molar-refractivity contribution in [2.75, 3.05) is 0 Å². The fourth-order valence-corrected chi connectivity index (χ4v) is 1.98. The van der Waals surface area contributed by atoms with Crippen molar-refractivity contribution in [2.24, 2.45) is 0 Å². The van der Waals surface area contributed by atoms with Crippen molar-refractivity contribution in [1.82, 2.24) is 10.5 Å². The van der Waals surface area contributed by atoms with E-state index in [0.717, 1.165) is 25.0 Å². The lowest BCUT2D eigenvalue weighted by atomic mass is 9.99. The molecule has 0 aromatic carbocycles. The van der Waals surface area contributed by atoms with Crippen LogP contribution >= 0.6 is 0 Å². The van der Waals surface area contributed by atoms with Crippen LogP contribution in [0.25, 0.3) is 0 Å². The average Bonchev–Trinajstić information content (AvgIpc) is 2.89. The molecule has 1 heterocycles. The highest BCUT2D eigenvalue weighted by atomic mass is 16.5. The molecule has 0 saturated heterocycles. The molecule has 5 nitrogen and oxygen atoms in total. The SMILES string of the molecule is CCCC(C#N)NC(=O)c1cc(C(CC)CC)no1. The molecule has 0 aliphatic rings. The topological polar surface area (TPSA) is 78.9 Å². The van der Waals surface area contributed by atoms with Crippen molar-refractivity contribution in [3.8, 4) is 6.07 Å². The average molecular weight is 263 g/mol. The second-order valence-electron chi connectivity index (χ2n) is 4.57. The third kappa shape index (κ3) is 4.09. The molecule has 19 heavy (non-hydrogen) atoms. The smallest absolute Gasteiger partial charge is 0.290 e. The number of hydrogen-bond acceptors (Lipinski definition) is 4. The van der Waals surface area contributed by atoms with Crippen LogP contribution in [0, 0.1) is 11.3 Å². The fraction of sp³-hybridized carbons (Fsp3) is 0.643. The third-order valence-electron chi connectivity index (χ3n) is 3.19. The number of nitrogens with zero attached hydrogens (tertiary/aromatic N) is 2. The lowest BCUT2D eigenvalue weighted by Gasteiger charge is -2.08. The molecular weight excluding hydrogens is 242 g/mol. The fourth-order valence-electron chi connectivity index (χ4n) is 1.98. The standard InChI is InChI=1S/C14H21N3O2/c1-4-7-11(9-15)16-14(18)13-8-12(17-19-13)10(5-2)6-3/h8,10-11H,4-7H2,1-3H3,(H,16,18). The molecule has 1 rings (SSSR count). The highest BCUT2D eigenvalue weighted by molar-refractivity contribution is 5.91. The maximum Gasteiger partial charge on any atom is 0.290 e. The molecule has 0 fully saturated rings. The minimum Gasteiger partial charge on any atom is -0.351 e. The van der Waals surface area contributed by atoms with E-state index in [4.69, 9.17) is 9.78 Å². The number of aromatic nitrogens is 1. The van der Waals surface area contributed by atoms with Crippen molar-refractivity contribution in [3.05, 3.63) is 17.5 Å². The molecule has 104 valence electrons. The number of carbonyl (C=O) groups excluding carboxylic acids is 1. The van der Waals surface area contributed by atoms with Gasteiger partial charge in [0.05, 0.1) is 11.8 Å². The maximum atomic E-state index is 11.9. The zero-order valence-electron chi connectivity index (χ0n) is 11.8. The molecule has 1 aromatic rings. The van der Waals surface area contributed by atoms with Crippen molar-refractivity contribution in [2.45, 2.75) is 58.4 Å². The van der Waals surface area contributed by atoms with E-state index in [1.807, 2.05) is 6.92 Å². The summed E-state index contributed by atoms with van der Waals surface area (Å²) in [6, 6.07) is 3.26. The van der Waals surface area contributed by atoms with E-state index in [2.05, 4.69) is 30.4 Å². The van der Waals surface area contributed by atoms with Gasteiger partial charge in [0.15, 0.2) is 0 Å². The summed E-state index contributed by atoms with van der Waals surface area (Å²) in [6.07, 6.45) is 3.39. The Morgan fingerprint density at radius 1 is 1.47 bits per heavy atom. The van der Waals surface area contributed by atoms with Gasteiger partial charge in [-0.3, -0.25) is 4.79 Å². The number of hydrogen-bond donors (Lipinski definition) is 1. The van der Waals surface area contributed by atoms with Crippen molar-refractivity contribution in [3.63, 3.8) is 0 Å². The zero-order valence-corrected chi connectivity index (χ0v) is 11.8. The first-order chi connectivity index (χ1) is 9.15. The lowest BCUT2D eigenvalue weighted by molar-refractivity contribution is 0.0906. The van der Waals surface area contributed by atoms with Crippen molar-refractivity contribution >= 4 is 5.91 Å². The van der Waals surface area contributed by atoms with E-state index < -0.39 is 6.04 Å². The van der Waals surface area contributed by atoms with Gasteiger partial charge in [-0.15, -0.1) is 0 Å². The van der Waals surface area contributed by atoms with Gasteiger partial charge in [-0.1, -0.05) is 32.3 Å². The Morgan fingerprint density at radius 3 is 2.68 bits per heavy atom. The van der Waals surface area contributed by atoms with Gasteiger partial charge >= 0.3 is 0 Å². The van der Waals surface area contributed by atoms with Gasteiger partial charge in [0.1, 0.15) is 6.04 Å². The predicted octanol–water partition coefficient (Wildman–Crippen LogP) is 3.00. The molecule has 1 unspecified atom stereocenters. The number of rotatable bonds is 7. The number of amides is 1. The van der Waals surface area contributed by atoms with Gasteiger partial charge < -0.3 is 9.84 Å². The summed E-state index contributed by atoms with van der Waals surface area (Å²) in [5.41, 5.74) is 0.805. The van der Waals surface area contributed by atoms with Gasteiger partial charge in [0.2, 0.25) is 5.76 Å². The van der Waals surface area contributed by atoms with Crippen LogP contribution in [0.4, 0.5) is 0 Å². The summed E-state index contributed by atoms with van der Waals surface area (Å²) >= 11 is 0. The quantitative estimate of drug-likeness (QED) is 0.820. The number of carbonyl (C=O) groups is 1. The van der Waals surface area contributed by atoms with E-state index in [-0.39, 0.29) is 11.7 Å². The molecule has 0 spiro atoms. The van der Waals surface area contributed by atoms with Gasteiger partial charge in [0.25, 0.3) is 5.91 Å². The monoisotopic (exact) mass is 263 g/mol. The van der Waals surface area contributed by atoms with Gasteiger partial charge in [0, 0.05) is 12.0 Å². The first kappa shape index (κ1) is 15.2. The first-order valence-corrected chi connectivity index (χ1v) is 6.83. The summed E-state index contributed by atoms with van der Waals surface area (Å²) < 4.78 is 5.06. The van der Waals surface area contributed by atoms with Crippen LogP contribution in [0.3, 0.4) is 0 Å². The Kier molecular flexibility index (Phi) is 6.07. The predicted molar refractivity (Wildman–Crippen MR) is 71.6 cm³/mol. The molecule has 5 heteroatoms. The van der Waals surface area contributed by atoms with E-state index in [1.54, 1.807) is 6.07 Å². The maximum absolute atomic E-state index is 11.9. The highest BCUT2D eigenvalue weighted by Gasteiger charge is 2.19. The molecular formula is C14H21N3O2. The van der Waals surface area contributed by atoms with Crippen LogP contribution in [0.1, 0.15) is 68.6 Å². The zero-order chi connectivity index (χ0) is 14.3. The van der Waals surface area contributed by atoms with Gasteiger partial charge in [-0.2, -0.15) is 5.26 Å². The van der Waals surface area contributed by atoms with E-state index in [1.165, 1.54) is 0 Å². The highest BCUT2D eigenvalue weighted by Crippen LogP contribution is 2.22. The minimum absolute atomic E-state index is 0.179. The van der Waals surface area contributed by atoms with Gasteiger partial charge in [-0.25, -0.2) is 0 Å². The minimum atomic E-state index is -0.473. The number of nitrogens with one attached hydrogen (secondary N) is 1. The van der Waals surface area contributed by atoms with E-state index in [0.29, 0.717) is 12.3 Å². The van der Waals surface area contributed by atoms with Crippen LogP contribution in [-0.2, 0) is 0 Å². The normalized spacial score (nSPS) is 12.2. The molecule has 1 N–H and O–H groups in total. The molecule has 0 aliphatic carbocycles. The van der Waals surface area contributed by atoms with Crippen LogP contribution in [-0.4, -0.2) is 17.1 Å². The summed E-state index contributed by atoms with van der Waals surface area (Å²) in [4.78, 5) is 11.9. The van der Waals surface area contributed by atoms with Crippen LogP contribution in [0.15, 0.2) is 10.6 Å². The first-order valence-electron chi connectivity index (χ1n) is 6.83. The van der Waals surface area contributed by atoms with Crippen molar-refractivity contribution < 1.29 is 9.32 Å². The van der Waals surface area contributed by atoms with Crippen LogP contribution in [0.5, 0.6) is 0 Å². The summed E-state index contributed by atoms with van der Waals surface area (Å²) in [6.45, 7) is 6.13. The summed E-state index contributed by atoms with van der Waals surface area (Å²) in [5, 5.41) is 15.5. The summed E-state index contributed by atoms with van der Waals surface area (Å²) in [7, 11) is 0. The van der Waals surface area contributed by atoms with Gasteiger partial charge in [-0.05, 0) is 19.3 Å². The van der Waals surface area contributed by atoms with Crippen LogP contribution in [0.2, 0.25) is 0 Å². The Morgan fingerprint density at radius 2 is 2.16 bits per heavy atom. The Hall–Kier alpha value is -1.83. The van der Waals surface area contributed by atoms with Crippen LogP contribution < -0.4 is 5.32 Å². The molecule has 0 saturated carbocycles. The molecule has 0 aliphatic heterocycles. The second kappa shape index (κ2) is 7.57. The summed E-state index contributed by atoms with van der Waals surface area (Å²) in [5.74, 6) is 0.121. The number of nitriles is 1. The third-order valence-corrected chi connectivity index (χ3v) is 3.19. The Labute approximate surface area is 114 Å². The van der Waals surface area contributed by atoms with Crippen molar-refractivity contribution in [1.29, 1.82) is 5.26 Å². The largest absolute Gasteiger partial charge is 0.351 e.